The maximum absolute atomic E-state index is 12.1. The number of amides is 1. The van der Waals surface area contributed by atoms with Crippen LogP contribution >= 0.6 is 0 Å². The van der Waals surface area contributed by atoms with Crippen LogP contribution in [0, 0.1) is 23.2 Å². The number of carbonyl (C=O) groups excluding carboxylic acids is 1. The Bertz CT molecular complexity index is 334. The Kier molecular flexibility index (Phi) is 4.24. The monoisotopic (exact) mass is 266 g/mol. The highest BCUT2D eigenvalue weighted by Crippen LogP contribution is 2.49. The van der Waals surface area contributed by atoms with Gasteiger partial charge in [0.25, 0.3) is 0 Å². The molecule has 0 aromatic rings. The van der Waals surface area contributed by atoms with E-state index in [9.17, 15) is 4.79 Å². The van der Waals surface area contributed by atoms with E-state index in [0.29, 0.717) is 18.4 Å². The lowest BCUT2D eigenvalue weighted by atomic mass is 9.83. The summed E-state index contributed by atoms with van der Waals surface area (Å²) in [5.74, 6) is 2.62. The molecule has 2 bridgehead atoms. The number of rotatable bonds is 4. The minimum absolute atomic E-state index is 0.00694. The third kappa shape index (κ3) is 3.50. The lowest BCUT2D eigenvalue weighted by Gasteiger charge is -2.30. The van der Waals surface area contributed by atoms with E-state index in [1.165, 1.54) is 25.7 Å². The van der Waals surface area contributed by atoms with Crippen LogP contribution in [0.25, 0.3) is 0 Å². The van der Waals surface area contributed by atoms with Crippen molar-refractivity contribution < 1.29 is 4.79 Å². The van der Waals surface area contributed by atoms with Crippen molar-refractivity contribution in [3.8, 4) is 0 Å². The topological polar surface area (TPSA) is 55.1 Å². The first-order valence-corrected chi connectivity index (χ1v) is 7.82. The standard InChI is InChI=1S/C16H30N2O/c1-10(13-8-11-5-6-12(13)7-11)18-15(19)9-14(17)16(2,3)4/h10-14H,5-9,17H2,1-4H3,(H,18,19). The largest absolute Gasteiger partial charge is 0.353 e. The van der Waals surface area contributed by atoms with E-state index in [0.717, 1.165) is 11.8 Å². The minimum Gasteiger partial charge on any atom is -0.353 e. The summed E-state index contributed by atoms with van der Waals surface area (Å²) in [6, 6.07) is 0.245. The van der Waals surface area contributed by atoms with Crippen LogP contribution in [0.3, 0.4) is 0 Å². The molecule has 3 nitrogen and oxygen atoms in total. The number of nitrogens with two attached hydrogens (primary N) is 1. The van der Waals surface area contributed by atoms with Crippen molar-refractivity contribution in [1.29, 1.82) is 0 Å². The summed E-state index contributed by atoms with van der Waals surface area (Å²) in [5, 5.41) is 3.19. The zero-order chi connectivity index (χ0) is 14.2. The number of nitrogens with one attached hydrogen (secondary N) is 1. The van der Waals surface area contributed by atoms with Gasteiger partial charge < -0.3 is 11.1 Å². The number of fused-ring (bicyclic) bond motifs is 2. The average Bonchev–Trinajstić information content (AvgIpc) is 2.88. The van der Waals surface area contributed by atoms with Gasteiger partial charge in [0.1, 0.15) is 0 Å². The Labute approximate surface area is 117 Å². The Morgan fingerprint density at radius 2 is 2.00 bits per heavy atom. The average molecular weight is 266 g/mol. The van der Waals surface area contributed by atoms with Gasteiger partial charge in [0.05, 0.1) is 0 Å². The molecular formula is C16H30N2O. The second-order valence-electron chi connectivity index (χ2n) is 7.87. The lowest BCUT2D eigenvalue weighted by Crippen LogP contribution is -2.45. The van der Waals surface area contributed by atoms with Gasteiger partial charge in [-0.25, -0.2) is 0 Å². The molecule has 0 aromatic heterocycles. The molecule has 0 radical (unpaired) electrons. The summed E-state index contributed by atoms with van der Waals surface area (Å²) in [7, 11) is 0. The van der Waals surface area contributed by atoms with E-state index in [4.69, 9.17) is 5.73 Å². The number of hydrogen-bond donors (Lipinski definition) is 2. The summed E-state index contributed by atoms with van der Waals surface area (Å²) >= 11 is 0. The summed E-state index contributed by atoms with van der Waals surface area (Å²) < 4.78 is 0. The van der Waals surface area contributed by atoms with Crippen molar-refractivity contribution in [3.05, 3.63) is 0 Å². The fourth-order valence-corrected chi connectivity index (χ4v) is 3.83. The summed E-state index contributed by atoms with van der Waals surface area (Å²) in [5.41, 5.74) is 6.07. The second kappa shape index (κ2) is 5.43. The molecule has 2 aliphatic rings. The van der Waals surface area contributed by atoms with Crippen molar-refractivity contribution in [2.75, 3.05) is 0 Å². The molecule has 5 unspecified atom stereocenters. The molecular weight excluding hydrogens is 236 g/mol. The summed E-state index contributed by atoms with van der Waals surface area (Å²) in [4.78, 5) is 12.1. The Balaban J connectivity index is 1.79. The van der Waals surface area contributed by atoms with Crippen LogP contribution in [0.2, 0.25) is 0 Å². The summed E-state index contributed by atoms with van der Waals surface area (Å²) in [6.45, 7) is 8.44. The van der Waals surface area contributed by atoms with E-state index < -0.39 is 0 Å². The van der Waals surface area contributed by atoms with E-state index in [1.807, 2.05) is 0 Å². The minimum atomic E-state index is -0.0697. The van der Waals surface area contributed by atoms with Gasteiger partial charge in [-0.1, -0.05) is 27.2 Å². The Morgan fingerprint density at radius 1 is 1.32 bits per heavy atom. The number of hydrogen-bond acceptors (Lipinski definition) is 2. The third-order valence-electron chi connectivity index (χ3n) is 5.34. The molecule has 0 spiro atoms. The van der Waals surface area contributed by atoms with Crippen LogP contribution < -0.4 is 11.1 Å². The second-order valence-corrected chi connectivity index (χ2v) is 7.87. The fraction of sp³-hybridized carbons (Fsp3) is 0.938. The van der Waals surface area contributed by atoms with Crippen LogP contribution in [0.4, 0.5) is 0 Å². The van der Waals surface area contributed by atoms with E-state index >= 15 is 0 Å². The Hall–Kier alpha value is -0.570. The van der Waals surface area contributed by atoms with Crippen LogP contribution in [0.5, 0.6) is 0 Å². The molecule has 3 heteroatoms. The molecule has 2 saturated carbocycles. The van der Waals surface area contributed by atoms with Gasteiger partial charge in [0.15, 0.2) is 0 Å². The molecule has 2 rings (SSSR count). The molecule has 0 saturated heterocycles. The SMILES string of the molecule is CC(NC(=O)CC(N)C(C)(C)C)C1CC2CCC1C2. The van der Waals surface area contributed by atoms with Crippen molar-refractivity contribution in [2.45, 2.75) is 71.9 Å². The quantitative estimate of drug-likeness (QED) is 0.822. The van der Waals surface area contributed by atoms with Crippen molar-refractivity contribution in [3.63, 3.8) is 0 Å². The molecule has 19 heavy (non-hydrogen) atoms. The highest BCUT2D eigenvalue weighted by Gasteiger charge is 2.42. The van der Waals surface area contributed by atoms with Gasteiger partial charge in [-0.2, -0.15) is 0 Å². The predicted octanol–water partition coefficient (Wildman–Crippen LogP) is 2.69. The number of carbonyl (C=O) groups is 1. The molecule has 0 aliphatic heterocycles. The first kappa shape index (κ1) is 14.8. The van der Waals surface area contributed by atoms with Gasteiger partial charge >= 0.3 is 0 Å². The predicted molar refractivity (Wildman–Crippen MR) is 78.6 cm³/mol. The fourth-order valence-electron chi connectivity index (χ4n) is 3.83. The maximum atomic E-state index is 12.1. The molecule has 1 amide bonds. The highest BCUT2D eigenvalue weighted by molar-refractivity contribution is 5.77. The van der Waals surface area contributed by atoms with E-state index in [2.05, 4.69) is 33.0 Å². The van der Waals surface area contributed by atoms with Crippen molar-refractivity contribution >= 4 is 5.91 Å². The van der Waals surface area contributed by atoms with Crippen molar-refractivity contribution in [2.24, 2.45) is 28.9 Å². The molecule has 2 aliphatic carbocycles. The molecule has 2 fully saturated rings. The zero-order valence-electron chi connectivity index (χ0n) is 12.9. The molecule has 3 N–H and O–H groups in total. The van der Waals surface area contributed by atoms with Gasteiger partial charge in [0.2, 0.25) is 5.91 Å². The van der Waals surface area contributed by atoms with Crippen LogP contribution in [0.15, 0.2) is 0 Å². The van der Waals surface area contributed by atoms with Gasteiger partial charge in [-0.3, -0.25) is 4.79 Å². The maximum Gasteiger partial charge on any atom is 0.221 e. The van der Waals surface area contributed by atoms with Crippen LogP contribution in [-0.4, -0.2) is 18.0 Å². The van der Waals surface area contributed by atoms with Gasteiger partial charge in [-0.05, 0) is 49.4 Å². The zero-order valence-corrected chi connectivity index (χ0v) is 12.9. The van der Waals surface area contributed by atoms with Crippen LogP contribution in [-0.2, 0) is 4.79 Å². The van der Waals surface area contributed by atoms with Crippen molar-refractivity contribution in [1.82, 2.24) is 5.32 Å². The lowest BCUT2D eigenvalue weighted by molar-refractivity contribution is -0.123. The van der Waals surface area contributed by atoms with E-state index in [-0.39, 0.29) is 17.4 Å². The van der Waals surface area contributed by atoms with Crippen LogP contribution in [0.1, 0.15) is 59.8 Å². The van der Waals surface area contributed by atoms with Gasteiger partial charge in [0, 0.05) is 18.5 Å². The molecule has 5 atom stereocenters. The first-order valence-electron chi connectivity index (χ1n) is 7.82. The first-order chi connectivity index (χ1) is 8.77. The third-order valence-corrected chi connectivity index (χ3v) is 5.34. The van der Waals surface area contributed by atoms with Gasteiger partial charge in [-0.15, -0.1) is 0 Å². The molecule has 110 valence electrons. The highest BCUT2D eigenvalue weighted by atomic mass is 16.1. The smallest absolute Gasteiger partial charge is 0.221 e. The Morgan fingerprint density at radius 3 is 2.47 bits per heavy atom. The summed E-state index contributed by atoms with van der Waals surface area (Å²) in [6.07, 6.45) is 5.94. The molecule has 0 aromatic carbocycles. The molecule has 0 heterocycles. The van der Waals surface area contributed by atoms with E-state index in [1.54, 1.807) is 0 Å². The normalized spacial score (nSPS) is 33.2.